The molecule has 15 heavy (non-hydrogen) atoms. The molecule has 0 spiro atoms. The molecule has 1 aliphatic rings. The first-order chi connectivity index (χ1) is 6.88. The van der Waals surface area contributed by atoms with Crippen molar-refractivity contribution in [1.82, 2.24) is 4.90 Å². The fraction of sp³-hybridized carbons (Fsp3) is 1.00. The fourth-order valence-electron chi connectivity index (χ4n) is 2.32. The number of nitrogens with zero attached hydrogens (tertiary/aromatic N) is 1. The molecule has 1 rings (SSSR count). The monoisotopic (exact) mass is 213 g/mol. The van der Waals surface area contributed by atoms with Crippen molar-refractivity contribution in [1.29, 1.82) is 0 Å². The first-order valence-electron chi connectivity index (χ1n) is 6.31. The molecule has 2 heteroatoms. The van der Waals surface area contributed by atoms with Gasteiger partial charge < -0.3 is 10.0 Å². The highest BCUT2D eigenvalue weighted by Gasteiger charge is 2.22. The lowest BCUT2D eigenvalue weighted by Crippen LogP contribution is -2.38. The van der Waals surface area contributed by atoms with Crippen molar-refractivity contribution >= 4 is 0 Å². The zero-order valence-corrected chi connectivity index (χ0v) is 10.8. The first kappa shape index (κ1) is 13.0. The van der Waals surface area contributed by atoms with Crippen molar-refractivity contribution in [2.75, 3.05) is 13.6 Å². The van der Waals surface area contributed by atoms with Crippen molar-refractivity contribution in [3.8, 4) is 0 Å². The van der Waals surface area contributed by atoms with Crippen LogP contribution in [0.2, 0.25) is 0 Å². The molecule has 0 amide bonds. The summed E-state index contributed by atoms with van der Waals surface area (Å²) in [6.45, 7) is 7.16. The summed E-state index contributed by atoms with van der Waals surface area (Å²) in [7, 11) is 2.20. The lowest BCUT2D eigenvalue weighted by Gasteiger charge is -2.34. The molecule has 0 saturated heterocycles. The highest BCUT2D eigenvalue weighted by molar-refractivity contribution is 4.78. The van der Waals surface area contributed by atoms with Crippen LogP contribution in [0.5, 0.6) is 0 Å². The van der Waals surface area contributed by atoms with Gasteiger partial charge in [-0.2, -0.15) is 0 Å². The van der Waals surface area contributed by atoms with Crippen molar-refractivity contribution in [2.24, 2.45) is 5.92 Å². The molecule has 0 heterocycles. The second-order valence-corrected chi connectivity index (χ2v) is 5.96. The van der Waals surface area contributed by atoms with E-state index in [1.165, 1.54) is 25.7 Å². The molecule has 0 aromatic heterocycles. The Morgan fingerprint density at radius 1 is 1.20 bits per heavy atom. The fourth-order valence-corrected chi connectivity index (χ4v) is 2.32. The van der Waals surface area contributed by atoms with E-state index in [9.17, 15) is 5.11 Å². The Labute approximate surface area is 94.7 Å². The third-order valence-corrected chi connectivity index (χ3v) is 3.69. The van der Waals surface area contributed by atoms with Gasteiger partial charge in [0.15, 0.2) is 0 Å². The van der Waals surface area contributed by atoms with Gasteiger partial charge in [-0.05, 0) is 58.9 Å². The van der Waals surface area contributed by atoms with Crippen molar-refractivity contribution in [3.63, 3.8) is 0 Å². The Morgan fingerprint density at radius 2 is 1.73 bits per heavy atom. The van der Waals surface area contributed by atoms with E-state index in [4.69, 9.17) is 0 Å². The predicted octanol–water partition coefficient (Wildman–Crippen LogP) is 2.66. The molecule has 1 fully saturated rings. The highest BCUT2D eigenvalue weighted by atomic mass is 16.3. The van der Waals surface area contributed by atoms with Crippen LogP contribution in [-0.2, 0) is 0 Å². The minimum Gasteiger partial charge on any atom is -0.390 e. The average Bonchev–Trinajstić information content (AvgIpc) is 2.14. The SMILES string of the molecule is CC1CCC(N(C)CCC(C)(C)O)CC1. The third-order valence-electron chi connectivity index (χ3n) is 3.69. The predicted molar refractivity (Wildman–Crippen MR) is 65.0 cm³/mol. The van der Waals surface area contributed by atoms with Crippen LogP contribution in [-0.4, -0.2) is 35.2 Å². The van der Waals surface area contributed by atoms with Gasteiger partial charge in [-0.1, -0.05) is 6.92 Å². The van der Waals surface area contributed by atoms with Gasteiger partial charge in [0.2, 0.25) is 0 Å². The maximum atomic E-state index is 9.68. The van der Waals surface area contributed by atoms with E-state index in [0.29, 0.717) is 0 Å². The number of aliphatic hydroxyl groups is 1. The summed E-state index contributed by atoms with van der Waals surface area (Å²) in [5.74, 6) is 0.920. The van der Waals surface area contributed by atoms with Gasteiger partial charge in [0.25, 0.3) is 0 Å². The minimum atomic E-state index is -0.518. The summed E-state index contributed by atoms with van der Waals surface area (Å²) in [5.41, 5.74) is -0.518. The largest absolute Gasteiger partial charge is 0.390 e. The Morgan fingerprint density at radius 3 is 2.20 bits per heavy atom. The molecule has 0 unspecified atom stereocenters. The van der Waals surface area contributed by atoms with E-state index in [1.807, 2.05) is 13.8 Å². The van der Waals surface area contributed by atoms with Crippen LogP contribution in [0, 0.1) is 5.92 Å². The number of hydrogen-bond donors (Lipinski definition) is 1. The van der Waals surface area contributed by atoms with Crippen LogP contribution in [0.3, 0.4) is 0 Å². The summed E-state index contributed by atoms with van der Waals surface area (Å²) in [4.78, 5) is 2.43. The van der Waals surface area contributed by atoms with Crippen LogP contribution < -0.4 is 0 Å². The molecule has 0 aromatic carbocycles. The molecular formula is C13H27NO. The van der Waals surface area contributed by atoms with Gasteiger partial charge >= 0.3 is 0 Å². The molecule has 0 aromatic rings. The zero-order chi connectivity index (χ0) is 11.5. The zero-order valence-electron chi connectivity index (χ0n) is 10.8. The molecule has 2 nitrogen and oxygen atoms in total. The van der Waals surface area contributed by atoms with Crippen molar-refractivity contribution < 1.29 is 5.11 Å². The molecular weight excluding hydrogens is 186 g/mol. The van der Waals surface area contributed by atoms with E-state index < -0.39 is 5.60 Å². The lowest BCUT2D eigenvalue weighted by molar-refractivity contribution is 0.0511. The van der Waals surface area contributed by atoms with E-state index in [-0.39, 0.29) is 0 Å². The molecule has 0 bridgehead atoms. The van der Waals surface area contributed by atoms with Crippen molar-refractivity contribution in [3.05, 3.63) is 0 Å². The third kappa shape index (κ3) is 4.98. The standard InChI is InChI=1S/C13H27NO/c1-11-5-7-12(8-6-11)14(4)10-9-13(2,3)15/h11-12,15H,5-10H2,1-4H3. The second kappa shape index (κ2) is 5.31. The second-order valence-electron chi connectivity index (χ2n) is 5.96. The summed E-state index contributed by atoms with van der Waals surface area (Å²) in [6, 6.07) is 0.753. The smallest absolute Gasteiger partial charge is 0.0603 e. The van der Waals surface area contributed by atoms with Gasteiger partial charge in [-0.15, -0.1) is 0 Å². The molecule has 0 aliphatic heterocycles. The van der Waals surface area contributed by atoms with E-state index in [0.717, 1.165) is 24.9 Å². The van der Waals surface area contributed by atoms with E-state index in [1.54, 1.807) is 0 Å². The topological polar surface area (TPSA) is 23.5 Å². The van der Waals surface area contributed by atoms with E-state index in [2.05, 4.69) is 18.9 Å². The van der Waals surface area contributed by atoms with E-state index >= 15 is 0 Å². The molecule has 1 aliphatic carbocycles. The van der Waals surface area contributed by atoms with Gasteiger partial charge in [-0.3, -0.25) is 0 Å². The van der Waals surface area contributed by atoms with Crippen LogP contribution >= 0.6 is 0 Å². The molecule has 1 N–H and O–H groups in total. The molecule has 1 saturated carbocycles. The Balaban J connectivity index is 2.25. The molecule has 0 radical (unpaired) electrons. The molecule has 90 valence electrons. The van der Waals surface area contributed by atoms with Gasteiger partial charge in [0.05, 0.1) is 5.60 Å². The van der Waals surface area contributed by atoms with Gasteiger partial charge in [0, 0.05) is 12.6 Å². The maximum absolute atomic E-state index is 9.68. The Bertz CT molecular complexity index is 177. The summed E-state index contributed by atoms with van der Waals surface area (Å²) in [5, 5.41) is 9.68. The lowest BCUT2D eigenvalue weighted by atomic mass is 9.86. The summed E-state index contributed by atoms with van der Waals surface area (Å²) in [6.07, 6.45) is 6.29. The van der Waals surface area contributed by atoms with Crippen LogP contribution in [0.25, 0.3) is 0 Å². The normalized spacial score (nSPS) is 28.4. The first-order valence-corrected chi connectivity index (χ1v) is 6.31. The van der Waals surface area contributed by atoms with Gasteiger partial charge in [0.1, 0.15) is 0 Å². The van der Waals surface area contributed by atoms with Gasteiger partial charge in [-0.25, -0.2) is 0 Å². The van der Waals surface area contributed by atoms with Crippen LogP contribution in [0.4, 0.5) is 0 Å². The van der Waals surface area contributed by atoms with Crippen molar-refractivity contribution in [2.45, 2.75) is 64.5 Å². The summed E-state index contributed by atoms with van der Waals surface area (Å²) < 4.78 is 0. The number of rotatable bonds is 4. The molecule has 0 atom stereocenters. The summed E-state index contributed by atoms with van der Waals surface area (Å²) >= 11 is 0. The maximum Gasteiger partial charge on any atom is 0.0603 e. The minimum absolute atomic E-state index is 0.518. The number of hydrogen-bond acceptors (Lipinski definition) is 2. The van der Waals surface area contributed by atoms with Crippen LogP contribution in [0.15, 0.2) is 0 Å². The Kier molecular flexibility index (Phi) is 4.60. The average molecular weight is 213 g/mol. The highest BCUT2D eigenvalue weighted by Crippen LogP contribution is 2.26. The van der Waals surface area contributed by atoms with Crippen LogP contribution in [0.1, 0.15) is 52.9 Å². The quantitative estimate of drug-likeness (QED) is 0.776. The Hall–Kier alpha value is -0.0800.